The van der Waals surface area contributed by atoms with Gasteiger partial charge in [0, 0.05) is 11.6 Å². The second-order valence-electron chi connectivity index (χ2n) is 3.41. The van der Waals surface area contributed by atoms with E-state index in [9.17, 15) is 8.78 Å². The molecule has 0 aliphatic heterocycles. The lowest BCUT2D eigenvalue weighted by Crippen LogP contribution is -2.12. The van der Waals surface area contributed by atoms with Crippen LogP contribution in [0.25, 0.3) is 0 Å². The third kappa shape index (κ3) is 2.77. The van der Waals surface area contributed by atoms with Gasteiger partial charge >= 0.3 is 0 Å². The maximum atomic E-state index is 13.2. The molecule has 0 aliphatic carbocycles. The molecule has 1 aromatic rings. The highest BCUT2D eigenvalue weighted by Gasteiger charge is 2.11. The molecule has 0 saturated heterocycles. The minimum atomic E-state index is -0.437. The molecule has 78 valence electrons. The molecule has 1 nitrogen and oxygen atoms in total. The summed E-state index contributed by atoms with van der Waals surface area (Å²) < 4.78 is 26.0. The quantitative estimate of drug-likeness (QED) is 0.792. The summed E-state index contributed by atoms with van der Waals surface area (Å²) in [6.45, 7) is 2.04. The van der Waals surface area contributed by atoms with Gasteiger partial charge in [0.05, 0.1) is 0 Å². The van der Waals surface area contributed by atoms with Crippen molar-refractivity contribution < 1.29 is 8.78 Å². The zero-order valence-electron chi connectivity index (χ0n) is 8.26. The summed E-state index contributed by atoms with van der Waals surface area (Å²) in [5, 5.41) is 0. The SMILES string of the molecule is CCCCC(N)c1cc(F)ccc1F. The fraction of sp³-hybridized carbons (Fsp3) is 0.455. The van der Waals surface area contributed by atoms with Crippen molar-refractivity contribution in [2.75, 3.05) is 0 Å². The Morgan fingerprint density at radius 3 is 2.71 bits per heavy atom. The van der Waals surface area contributed by atoms with Gasteiger partial charge in [0.1, 0.15) is 11.6 Å². The predicted octanol–water partition coefficient (Wildman–Crippen LogP) is 3.15. The van der Waals surface area contributed by atoms with Crippen molar-refractivity contribution in [1.29, 1.82) is 0 Å². The van der Waals surface area contributed by atoms with Crippen molar-refractivity contribution in [2.24, 2.45) is 5.73 Å². The smallest absolute Gasteiger partial charge is 0.128 e. The molecule has 0 fully saturated rings. The molecule has 14 heavy (non-hydrogen) atoms. The highest BCUT2D eigenvalue weighted by molar-refractivity contribution is 5.21. The number of unbranched alkanes of at least 4 members (excludes halogenated alkanes) is 1. The van der Waals surface area contributed by atoms with Gasteiger partial charge in [-0.2, -0.15) is 0 Å². The van der Waals surface area contributed by atoms with Gasteiger partial charge in [-0.3, -0.25) is 0 Å². The molecule has 0 spiro atoms. The van der Waals surface area contributed by atoms with Crippen LogP contribution in [0.1, 0.15) is 37.8 Å². The van der Waals surface area contributed by atoms with E-state index in [1.807, 2.05) is 6.92 Å². The highest BCUT2D eigenvalue weighted by atomic mass is 19.1. The Morgan fingerprint density at radius 2 is 2.07 bits per heavy atom. The summed E-state index contributed by atoms with van der Waals surface area (Å²) in [5.74, 6) is -0.858. The standard InChI is InChI=1S/C11H15F2N/c1-2-3-4-11(14)9-7-8(12)5-6-10(9)13/h5-7,11H,2-4,14H2,1H3. The minimum Gasteiger partial charge on any atom is -0.324 e. The van der Waals surface area contributed by atoms with Crippen LogP contribution in [0.3, 0.4) is 0 Å². The van der Waals surface area contributed by atoms with Gasteiger partial charge < -0.3 is 5.73 Å². The lowest BCUT2D eigenvalue weighted by Gasteiger charge is -2.12. The summed E-state index contributed by atoms with van der Waals surface area (Å²) in [5.41, 5.74) is 6.02. The third-order valence-corrected chi connectivity index (χ3v) is 2.23. The van der Waals surface area contributed by atoms with Gasteiger partial charge in [0.15, 0.2) is 0 Å². The lowest BCUT2D eigenvalue weighted by atomic mass is 10.0. The number of halogens is 2. The van der Waals surface area contributed by atoms with Gasteiger partial charge in [0.25, 0.3) is 0 Å². The van der Waals surface area contributed by atoms with E-state index >= 15 is 0 Å². The number of hydrogen-bond acceptors (Lipinski definition) is 1. The Labute approximate surface area is 82.9 Å². The molecule has 0 aliphatic rings. The van der Waals surface area contributed by atoms with E-state index in [2.05, 4.69) is 0 Å². The van der Waals surface area contributed by atoms with Gasteiger partial charge in [-0.1, -0.05) is 19.8 Å². The zero-order chi connectivity index (χ0) is 10.6. The molecule has 3 heteroatoms. The van der Waals surface area contributed by atoms with Crippen LogP contribution >= 0.6 is 0 Å². The Hall–Kier alpha value is -0.960. The first-order chi connectivity index (χ1) is 6.65. The first-order valence-corrected chi connectivity index (χ1v) is 4.85. The van der Waals surface area contributed by atoms with Crippen LogP contribution < -0.4 is 5.73 Å². The number of benzene rings is 1. The average molecular weight is 199 g/mol. The van der Waals surface area contributed by atoms with Crippen molar-refractivity contribution in [1.82, 2.24) is 0 Å². The molecule has 2 N–H and O–H groups in total. The molecule has 1 unspecified atom stereocenters. The lowest BCUT2D eigenvalue weighted by molar-refractivity contribution is 0.535. The molecule has 0 heterocycles. The first-order valence-electron chi connectivity index (χ1n) is 4.85. The number of rotatable bonds is 4. The van der Waals surface area contributed by atoms with Gasteiger partial charge in [-0.25, -0.2) is 8.78 Å². The van der Waals surface area contributed by atoms with Crippen molar-refractivity contribution >= 4 is 0 Å². The second-order valence-corrected chi connectivity index (χ2v) is 3.41. The van der Waals surface area contributed by atoms with Crippen molar-refractivity contribution in [3.63, 3.8) is 0 Å². The van der Waals surface area contributed by atoms with E-state index in [-0.39, 0.29) is 5.56 Å². The van der Waals surface area contributed by atoms with Crippen molar-refractivity contribution in [3.8, 4) is 0 Å². The van der Waals surface area contributed by atoms with Crippen molar-refractivity contribution in [3.05, 3.63) is 35.4 Å². The monoisotopic (exact) mass is 199 g/mol. The topological polar surface area (TPSA) is 26.0 Å². The Bertz CT molecular complexity index is 299. The largest absolute Gasteiger partial charge is 0.324 e. The summed E-state index contributed by atoms with van der Waals surface area (Å²) >= 11 is 0. The summed E-state index contributed by atoms with van der Waals surface area (Å²) in [6, 6.07) is 3.00. The molecule has 0 amide bonds. The fourth-order valence-corrected chi connectivity index (χ4v) is 1.38. The molecule has 1 rings (SSSR count). The van der Waals surface area contributed by atoms with E-state index < -0.39 is 17.7 Å². The minimum absolute atomic E-state index is 0.276. The van der Waals surface area contributed by atoms with Crippen LogP contribution in [0.15, 0.2) is 18.2 Å². The fourth-order valence-electron chi connectivity index (χ4n) is 1.38. The van der Waals surface area contributed by atoms with E-state index in [4.69, 9.17) is 5.73 Å². The molecule has 1 aromatic carbocycles. The number of nitrogens with two attached hydrogens (primary N) is 1. The maximum absolute atomic E-state index is 13.2. The summed E-state index contributed by atoms with van der Waals surface area (Å²) in [6.07, 6.45) is 2.62. The predicted molar refractivity (Wildman–Crippen MR) is 52.8 cm³/mol. The molecular formula is C11H15F2N. The van der Waals surface area contributed by atoms with Gasteiger partial charge in [-0.15, -0.1) is 0 Å². The molecule has 0 saturated carbocycles. The van der Waals surface area contributed by atoms with Crippen LogP contribution in [-0.2, 0) is 0 Å². The van der Waals surface area contributed by atoms with Crippen LogP contribution in [0.5, 0.6) is 0 Å². The highest BCUT2D eigenvalue weighted by Crippen LogP contribution is 2.20. The maximum Gasteiger partial charge on any atom is 0.128 e. The average Bonchev–Trinajstić information content (AvgIpc) is 2.18. The van der Waals surface area contributed by atoms with Gasteiger partial charge in [0.2, 0.25) is 0 Å². The van der Waals surface area contributed by atoms with Crippen LogP contribution in [0.2, 0.25) is 0 Å². The molecule has 0 bridgehead atoms. The molecular weight excluding hydrogens is 184 g/mol. The van der Waals surface area contributed by atoms with Gasteiger partial charge in [-0.05, 0) is 24.6 Å². The van der Waals surface area contributed by atoms with E-state index in [0.717, 1.165) is 25.0 Å². The summed E-state index contributed by atoms with van der Waals surface area (Å²) in [4.78, 5) is 0. The van der Waals surface area contributed by atoms with Crippen LogP contribution in [0.4, 0.5) is 8.78 Å². The Morgan fingerprint density at radius 1 is 1.36 bits per heavy atom. The van der Waals surface area contributed by atoms with Crippen molar-refractivity contribution in [2.45, 2.75) is 32.2 Å². The summed E-state index contributed by atoms with van der Waals surface area (Å²) in [7, 11) is 0. The van der Waals surface area contributed by atoms with E-state index in [1.54, 1.807) is 0 Å². The number of hydrogen-bond donors (Lipinski definition) is 1. The second kappa shape index (κ2) is 5.05. The van der Waals surface area contributed by atoms with E-state index in [1.165, 1.54) is 6.07 Å². The van der Waals surface area contributed by atoms with Crippen LogP contribution in [0, 0.1) is 11.6 Å². The van der Waals surface area contributed by atoms with Crippen LogP contribution in [-0.4, -0.2) is 0 Å². The Kier molecular flexibility index (Phi) is 4.01. The third-order valence-electron chi connectivity index (χ3n) is 2.23. The molecule has 1 atom stereocenters. The van der Waals surface area contributed by atoms with E-state index in [0.29, 0.717) is 6.42 Å². The first kappa shape index (κ1) is 11.1. The normalized spacial score (nSPS) is 12.9. The molecule has 0 radical (unpaired) electrons. The Balaban J connectivity index is 2.77. The zero-order valence-corrected chi connectivity index (χ0v) is 8.26. The molecule has 0 aromatic heterocycles.